The lowest BCUT2D eigenvalue weighted by Crippen LogP contribution is -2.22. The highest BCUT2D eigenvalue weighted by Crippen LogP contribution is 2.41. The minimum absolute atomic E-state index is 0.00108. The number of carbonyl (C=O) groups is 1. The number of aliphatic hydroxyl groups excluding tert-OH is 1. The van der Waals surface area contributed by atoms with Crippen molar-refractivity contribution < 1.29 is 46.4 Å². The van der Waals surface area contributed by atoms with Crippen LogP contribution < -0.4 is 24.3 Å². The van der Waals surface area contributed by atoms with Crippen LogP contribution in [0.3, 0.4) is 0 Å². The number of fused-ring (bicyclic) bond motifs is 1. The maximum Gasteiger partial charge on any atom is 0.419 e. The molecular formula is C28H26F4N2O6. The first kappa shape index (κ1) is 28.6. The molecule has 3 aromatic carbocycles. The number of benzene rings is 3. The van der Waals surface area contributed by atoms with Crippen molar-refractivity contribution in [3.8, 4) is 23.0 Å². The Balaban J connectivity index is 1.86. The van der Waals surface area contributed by atoms with Gasteiger partial charge in [0, 0.05) is 64.2 Å². The number of alkyl halides is 3. The van der Waals surface area contributed by atoms with Gasteiger partial charge in [0.1, 0.15) is 41.5 Å². The summed E-state index contributed by atoms with van der Waals surface area (Å²) in [5, 5.41) is 12.2. The summed E-state index contributed by atoms with van der Waals surface area (Å²) in [5.41, 5.74) is -0.271. The van der Waals surface area contributed by atoms with E-state index in [0.717, 1.165) is 25.3 Å². The van der Waals surface area contributed by atoms with Crippen molar-refractivity contribution in [2.75, 3.05) is 39.9 Å². The third-order valence-electron chi connectivity index (χ3n) is 6.13. The number of ketones is 1. The SMILES string of the molecule is COc1cc(NC(C(=O)c2c[nH]c3cc(OC)c(C(F)(F)F)cc23)c2ccc(F)cc2OC)cc(OCCO)c1. The molecule has 0 radical (unpaired) electrons. The monoisotopic (exact) mass is 562 g/mol. The highest BCUT2D eigenvalue weighted by Gasteiger charge is 2.36. The molecule has 0 aliphatic heterocycles. The van der Waals surface area contributed by atoms with Gasteiger partial charge in [0.2, 0.25) is 0 Å². The number of ether oxygens (including phenoxy) is 4. The number of hydrogen-bond acceptors (Lipinski definition) is 7. The Kier molecular flexibility index (Phi) is 8.38. The van der Waals surface area contributed by atoms with Crippen LogP contribution in [-0.2, 0) is 6.18 Å². The second-order valence-electron chi connectivity index (χ2n) is 8.60. The Bertz CT molecular complexity index is 1520. The number of methoxy groups -OCH3 is 3. The largest absolute Gasteiger partial charge is 0.497 e. The van der Waals surface area contributed by atoms with E-state index in [4.69, 9.17) is 24.1 Å². The fourth-order valence-corrected chi connectivity index (χ4v) is 4.29. The molecule has 40 heavy (non-hydrogen) atoms. The van der Waals surface area contributed by atoms with Gasteiger partial charge in [-0.2, -0.15) is 13.2 Å². The Labute approximate surface area is 226 Å². The van der Waals surface area contributed by atoms with Crippen LogP contribution in [0.25, 0.3) is 10.9 Å². The molecule has 0 aliphatic rings. The van der Waals surface area contributed by atoms with Gasteiger partial charge in [0.15, 0.2) is 5.78 Å². The molecule has 3 N–H and O–H groups in total. The first-order chi connectivity index (χ1) is 19.1. The summed E-state index contributed by atoms with van der Waals surface area (Å²) >= 11 is 0. The molecule has 212 valence electrons. The summed E-state index contributed by atoms with van der Waals surface area (Å²) in [6, 6.07) is 9.06. The van der Waals surface area contributed by atoms with Crippen LogP contribution in [0, 0.1) is 5.82 Å². The number of aromatic nitrogens is 1. The molecule has 0 amide bonds. The van der Waals surface area contributed by atoms with Crippen LogP contribution in [0.5, 0.6) is 23.0 Å². The third-order valence-corrected chi connectivity index (χ3v) is 6.13. The number of aromatic amines is 1. The number of carbonyl (C=O) groups excluding carboxylic acids is 1. The zero-order valence-corrected chi connectivity index (χ0v) is 21.7. The van der Waals surface area contributed by atoms with Crippen molar-refractivity contribution in [1.29, 1.82) is 0 Å². The maximum absolute atomic E-state index is 14.1. The number of halogens is 4. The van der Waals surface area contributed by atoms with E-state index in [1.54, 1.807) is 18.2 Å². The molecule has 1 unspecified atom stereocenters. The van der Waals surface area contributed by atoms with Gasteiger partial charge < -0.3 is 34.4 Å². The van der Waals surface area contributed by atoms with E-state index in [2.05, 4.69) is 10.3 Å². The van der Waals surface area contributed by atoms with E-state index in [1.807, 2.05) is 0 Å². The topological polar surface area (TPSA) is 102 Å². The Morgan fingerprint density at radius 2 is 1.70 bits per heavy atom. The molecule has 4 aromatic rings. The van der Waals surface area contributed by atoms with E-state index >= 15 is 0 Å². The summed E-state index contributed by atoms with van der Waals surface area (Å²) in [7, 11) is 3.86. The Morgan fingerprint density at radius 3 is 2.35 bits per heavy atom. The molecule has 0 saturated carbocycles. The molecule has 1 heterocycles. The molecule has 1 atom stereocenters. The van der Waals surface area contributed by atoms with Gasteiger partial charge in [-0.3, -0.25) is 4.79 Å². The Morgan fingerprint density at radius 1 is 0.975 bits per heavy atom. The normalized spacial score (nSPS) is 12.2. The molecule has 0 aliphatic carbocycles. The molecule has 0 fully saturated rings. The second-order valence-corrected chi connectivity index (χ2v) is 8.60. The van der Waals surface area contributed by atoms with E-state index in [1.165, 1.54) is 32.5 Å². The second kappa shape index (κ2) is 11.7. The fourth-order valence-electron chi connectivity index (χ4n) is 4.29. The van der Waals surface area contributed by atoms with Crippen LogP contribution in [0.4, 0.5) is 23.2 Å². The van der Waals surface area contributed by atoms with Gasteiger partial charge in [-0.05, 0) is 18.2 Å². The maximum atomic E-state index is 14.1. The van der Waals surface area contributed by atoms with Crippen LogP contribution in [0.1, 0.15) is 27.5 Å². The van der Waals surface area contributed by atoms with E-state index in [0.29, 0.717) is 17.2 Å². The van der Waals surface area contributed by atoms with Gasteiger partial charge in [-0.1, -0.05) is 0 Å². The van der Waals surface area contributed by atoms with Crippen molar-refractivity contribution in [1.82, 2.24) is 4.98 Å². The van der Waals surface area contributed by atoms with Crippen molar-refractivity contribution >= 4 is 22.4 Å². The molecule has 8 nitrogen and oxygen atoms in total. The summed E-state index contributed by atoms with van der Waals surface area (Å²) in [5.74, 6) is -0.908. The van der Waals surface area contributed by atoms with Gasteiger partial charge in [-0.15, -0.1) is 0 Å². The third kappa shape index (κ3) is 5.91. The fraction of sp³-hybridized carbons (Fsp3) is 0.250. The average molecular weight is 563 g/mol. The molecule has 12 heteroatoms. The molecule has 0 spiro atoms. The lowest BCUT2D eigenvalue weighted by molar-refractivity contribution is -0.138. The predicted molar refractivity (Wildman–Crippen MR) is 139 cm³/mol. The lowest BCUT2D eigenvalue weighted by Gasteiger charge is -2.22. The van der Waals surface area contributed by atoms with Crippen LogP contribution >= 0.6 is 0 Å². The summed E-state index contributed by atoms with van der Waals surface area (Å²) in [4.78, 5) is 16.9. The van der Waals surface area contributed by atoms with Crippen LogP contribution in [0.15, 0.2) is 54.7 Å². The lowest BCUT2D eigenvalue weighted by atomic mass is 9.95. The van der Waals surface area contributed by atoms with Gasteiger partial charge in [0.25, 0.3) is 0 Å². The number of nitrogens with one attached hydrogen (secondary N) is 2. The van der Waals surface area contributed by atoms with E-state index in [-0.39, 0.29) is 41.0 Å². The highest BCUT2D eigenvalue weighted by molar-refractivity contribution is 6.12. The van der Waals surface area contributed by atoms with Crippen LogP contribution in [0.2, 0.25) is 0 Å². The standard InChI is InChI=1S/C28H26F4N2O6/c1-37-17-9-16(10-18(11-17)40-7-6-35)34-26(19-5-4-15(29)8-24(19)38-2)27(36)21-14-33-23-13-25(39-3)22(12-20(21)23)28(30,31)32/h4-5,8-14,26,33-35H,6-7H2,1-3H3. The van der Waals surface area contributed by atoms with E-state index in [9.17, 15) is 22.4 Å². The van der Waals surface area contributed by atoms with Crippen molar-refractivity contribution in [2.24, 2.45) is 0 Å². The quantitative estimate of drug-likeness (QED) is 0.158. The molecule has 4 rings (SSSR count). The molecule has 1 aromatic heterocycles. The summed E-state index contributed by atoms with van der Waals surface area (Å²) in [6.45, 7) is -0.236. The molecular weight excluding hydrogens is 536 g/mol. The molecule has 0 saturated heterocycles. The van der Waals surface area contributed by atoms with Crippen molar-refractivity contribution in [2.45, 2.75) is 12.2 Å². The first-order valence-corrected chi connectivity index (χ1v) is 11.9. The minimum Gasteiger partial charge on any atom is -0.497 e. The number of aliphatic hydroxyl groups is 1. The van der Waals surface area contributed by atoms with Gasteiger partial charge in [-0.25, -0.2) is 4.39 Å². The van der Waals surface area contributed by atoms with Crippen LogP contribution in [-0.4, -0.2) is 50.4 Å². The number of anilines is 1. The van der Waals surface area contributed by atoms with Gasteiger partial charge in [0.05, 0.1) is 33.5 Å². The number of Topliss-reactive ketones (excluding diaryl/α,β-unsaturated/α-hetero) is 1. The number of hydrogen-bond donors (Lipinski definition) is 3. The zero-order valence-electron chi connectivity index (χ0n) is 21.7. The highest BCUT2D eigenvalue weighted by atomic mass is 19.4. The Hall–Kier alpha value is -4.45. The average Bonchev–Trinajstić information content (AvgIpc) is 3.36. The molecule has 0 bridgehead atoms. The van der Waals surface area contributed by atoms with E-state index < -0.39 is 35.1 Å². The summed E-state index contributed by atoms with van der Waals surface area (Å²) < 4.78 is 76.4. The smallest absolute Gasteiger partial charge is 0.419 e. The predicted octanol–water partition coefficient (Wildman–Crippen LogP) is 5.76. The van der Waals surface area contributed by atoms with Gasteiger partial charge >= 0.3 is 6.18 Å². The minimum atomic E-state index is -4.74. The zero-order chi connectivity index (χ0) is 29.0. The van der Waals surface area contributed by atoms with Crippen molar-refractivity contribution in [3.05, 3.63) is 77.2 Å². The number of rotatable bonds is 11. The first-order valence-electron chi connectivity index (χ1n) is 11.9. The van der Waals surface area contributed by atoms with Crippen molar-refractivity contribution in [3.63, 3.8) is 0 Å². The number of H-pyrrole nitrogens is 1. The summed E-state index contributed by atoms with van der Waals surface area (Å²) in [6.07, 6.45) is -3.43.